The van der Waals surface area contributed by atoms with Crippen molar-refractivity contribution < 1.29 is 4.79 Å². The molecule has 0 bridgehead atoms. The summed E-state index contributed by atoms with van der Waals surface area (Å²) in [5.41, 5.74) is 5.24. The molecule has 6 heteroatoms. The smallest absolute Gasteiger partial charge is 0.238 e. The maximum absolute atomic E-state index is 12.4. The van der Waals surface area contributed by atoms with E-state index in [1.54, 1.807) is 0 Å². The Kier molecular flexibility index (Phi) is 5.41. The van der Waals surface area contributed by atoms with Crippen LogP contribution in [0.5, 0.6) is 0 Å². The molecule has 1 aliphatic rings. The molecule has 6 nitrogen and oxygen atoms in total. The van der Waals surface area contributed by atoms with Crippen LogP contribution in [0.3, 0.4) is 0 Å². The minimum Gasteiger partial charge on any atom is -0.325 e. The van der Waals surface area contributed by atoms with E-state index in [4.69, 9.17) is 0 Å². The van der Waals surface area contributed by atoms with Gasteiger partial charge in [-0.25, -0.2) is 4.98 Å². The Morgan fingerprint density at radius 2 is 1.86 bits per heavy atom. The molecule has 0 aliphatic carbocycles. The standard InChI is InChI=1S/C22H27N5O/c1-17-6-7-18(2)20(13-17)24-22(28)16-26-11-9-25(10-12-26)14-19-15-27-8-4-3-5-21(27)23-19/h3-8,13,15H,9-12,14,16H2,1-2H3,(H,24,28). The fraction of sp³-hybridized carbons (Fsp3) is 0.364. The maximum atomic E-state index is 12.4. The van der Waals surface area contributed by atoms with Crippen LogP contribution in [0, 0.1) is 13.8 Å². The lowest BCUT2D eigenvalue weighted by Crippen LogP contribution is -2.48. The zero-order chi connectivity index (χ0) is 19.5. The number of nitrogens with one attached hydrogen (secondary N) is 1. The number of aryl methyl sites for hydroxylation is 2. The quantitative estimate of drug-likeness (QED) is 0.743. The Hall–Kier alpha value is -2.70. The molecule has 1 amide bonds. The molecule has 4 rings (SSSR count). The number of anilines is 1. The first-order valence-corrected chi connectivity index (χ1v) is 9.81. The highest BCUT2D eigenvalue weighted by molar-refractivity contribution is 5.93. The molecule has 1 N–H and O–H groups in total. The van der Waals surface area contributed by atoms with E-state index in [9.17, 15) is 4.79 Å². The molecule has 3 heterocycles. The summed E-state index contributed by atoms with van der Waals surface area (Å²) in [5.74, 6) is 0.0579. The van der Waals surface area contributed by atoms with Gasteiger partial charge in [0.1, 0.15) is 5.65 Å². The summed E-state index contributed by atoms with van der Waals surface area (Å²) >= 11 is 0. The highest BCUT2D eigenvalue weighted by Gasteiger charge is 2.20. The van der Waals surface area contributed by atoms with Crippen LogP contribution in [0.1, 0.15) is 16.8 Å². The van der Waals surface area contributed by atoms with Crippen LogP contribution in [0.15, 0.2) is 48.8 Å². The van der Waals surface area contributed by atoms with Gasteiger partial charge in [-0.3, -0.25) is 14.6 Å². The van der Waals surface area contributed by atoms with Crippen molar-refractivity contribution >= 4 is 17.2 Å². The Morgan fingerprint density at radius 3 is 2.64 bits per heavy atom. The van der Waals surface area contributed by atoms with Crippen LogP contribution in [0.4, 0.5) is 5.69 Å². The van der Waals surface area contributed by atoms with Crippen LogP contribution in [-0.4, -0.2) is 57.8 Å². The number of hydrogen-bond donors (Lipinski definition) is 1. The SMILES string of the molecule is Cc1ccc(C)c(NC(=O)CN2CCN(Cc3cn4ccccc4n3)CC2)c1. The molecule has 1 aliphatic heterocycles. The summed E-state index contributed by atoms with van der Waals surface area (Å²) < 4.78 is 2.06. The van der Waals surface area contributed by atoms with Crippen LogP contribution < -0.4 is 5.32 Å². The van der Waals surface area contributed by atoms with E-state index in [0.717, 1.165) is 60.9 Å². The number of pyridine rings is 1. The molecule has 0 saturated carbocycles. The van der Waals surface area contributed by atoms with Crippen LogP contribution in [0.2, 0.25) is 0 Å². The first-order chi connectivity index (χ1) is 13.6. The molecule has 146 valence electrons. The number of piperazine rings is 1. The molecular formula is C22H27N5O. The van der Waals surface area contributed by atoms with E-state index in [2.05, 4.69) is 36.8 Å². The van der Waals surface area contributed by atoms with Gasteiger partial charge in [0.2, 0.25) is 5.91 Å². The molecule has 1 aromatic carbocycles. The van der Waals surface area contributed by atoms with Gasteiger partial charge in [-0.15, -0.1) is 0 Å². The van der Waals surface area contributed by atoms with Gasteiger partial charge in [0.25, 0.3) is 0 Å². The molecule has 0 atom stereocenters. The average Bonchev–Trinajstić information content (AvgIpc) is 3.08. The Morgan fingerprint density at radius 1 is 1.07 bits per heavy atom. The summed E-state index contributed by atoms with van der Waals surface area (Å²) in [7, 11) is 0. The van der Waals surface area contributed by atoms with Crippen LogP contribution in [0.25, 0.3) is 5.65 Å². The van der Waals surface area contributed by atoms with E-state index in [0.29, 0.717) is 6.54 Å². The van der Waals surface area contributed by atoms with Crippen molar-refractivity contribution in [3.05, 3.63) is 65.6 Å². The van der Waals surface area contributed by atoms with Crippen molar-refractivity contribution in [3.8, 4) is 0 Å². The number of aromatic nitrogens is 2. The molecular weight excluding hydrogens is 350 g/mol. The average molecular weight is 377 g/mol. The Bertz CT molecular complexity index is 939. The fourth-order valence-electron chi connectivity index (χ4n) is 3.66. The summed E-state index contributed by atoms with van der Waals surface area (Å²) in [6, 6.07) is 12.2. The van der Waals surface area contributed by atoms with E-state index in [1.165, 1.54) is 0 Å². The number of amides is 1. The van der Waals surface area contributed by atoms with E-state index < -0.39 is 0 Å². The molecule has 1 saturated heterocycles. The van der Waals surface area contributed by atoms with Crippen molar-refractivity contribution in [2.24, 2.45) is 0 Å². The summed E-state index contributed by atoms with van der Waals surface area (Å²) in [6.45, 7) is 9.04. The first-order valence-electron chi connectivity index (χ1n) is 9.81. The monoisotopic (exact) mass is 377 g/mol. The third-order valence-electron chi connectivity index (χ3n) is 5.30. The second-order valence-electron chi connectivity index (χ2n) is 7.62. The van der Waals surface area contributed by atoms with Gasteiger partial charge in [-0.05, 0) is 43.2 Å². The van der Waals surface area contributed by atoms with Crippen LogP contribution in [-0.2, 0) is 11.3 Å². The van der Waals surface area contributed by atoms with Gasteiger partial charge in [-0.2, -0.15) is 0 Å². The highest BCUT2D eigenvalue weighted by atomic mass is 16.2. The number of rotatable bonds is 5. The molecule has 0 spiro atoms. The molecule has 2 aromatic heterocycles. The first kappa shape index (κ1) is 18.7. The predicted octanol–water partition coefficient (Wildman–Crippen LogP) is 2.71. The van der Waals surface area contributed by atoms with E-state index >= 15 is 0 Å². The van der Waals surface area contributed by atoms with Crippen molar-refractivity contribution in [2.45, 2.75) is 20.4 Å². The van der Waals surface area contributed by atoms with Gasteiger partial charge in [-0.1, -0.05) is 18.2 Å². The number of carbonyl (C=O) groups excluding carboxylic acids is 1. The largest absolute Gasteiger partial charge is 0.325 e. The summed E-state index contributed by atoms with van der Waals surface area (Å²) in [5, 5.41) is 3.06. The number of nitrogens with zero attached hydrogens (tertiary/aromatic N) is 4. The predicted molar refractivity (Wildman–Crippen MR) is 111 cm³/mol. The second kappa shape index (κ2) is 8.12. The highest BCUT2D eigenvalue weighted by Crippen LogP contribution is 2.16. The summed E-state index contributed by atoms with van der Waals surface area (Å²) in [4.78, 5) is 21.7. The minimum atomic E-state index is 0.0579. The number of hydrogen-bond acceptors (Lipinski definition) is 4. The summed E-state index contributed by atoms with van der Waals surface area (Å²) in [6.07, 6.45) is 4.12. The number of imidazole rings is 1. The molecule has 3 aromatic rings. The van der Waals surface area contributed by atoms with Gasteiger partial charge in [0, 0.05) is 50.8 Å². The zero-order valence-electron chi connectivity index (χ0n) is 16.6. The normalized spacial score (nSPS) is 15.8. The minimum absolute atomic E-state index is 0.0579. The van der Waals surface area contributed by atoms with Crippen LogP contribution >= 0.6 is 0 Å². The maximum Gasteiger partial charge on any atom is 0.238 e. The molecule has 0 radical (unpaired) electrons. The molecule has 0 unspecified atom stereocenters. The van der Waals surface area contributed by atoms with Gasteiger partial charge < -0.3 is 9.72 Å². The second-order valence-corrected chi connectivity index (χ2v) is 7.62. The molecule has 28 heavy (non-hydrogen) atoms. The lowest BCUT2D eigenvalue weighted by molar-refractivity contribution is -0.117. The Balaban J connectivity index is 1.26. The van der Waals surface area contributed by atoms with Crippen molar-refractivity contribution in [2.75, 3.05) is 38.0 Å². The van der Waals surface area contributed by atoms with E-state index in [1.807, 2.05) is 50.4 Å². The van der Waals surface area contributed by atoms with Crippen molar-refractivity contribution in [3.63, 3.8) is 0 Å². The number of fused-ring (bicyclic) bond motifs is 1. The van der Waals surface area contributed by atoms with E-state index in [-0.39, 0.29) is 5.91 Å². The number of benzene rings is 1. The molecule has 1 fully saturated rings. The third kappa shape index (κ3) is 4.40. The fourth-order valence-corrected chi connectivity index (χ4v) is 3.66. The Labute approximate surface area is 165 Å². The third-order valence-corrected chi connectivity index (χ3v) is 5.30. The van der Waals surface area contributed by atoms with Crippen molar-refractivity contribution in [1.82, 2.24) is 19.2 Å². The zero-order valence-corrected chi connectivity index (χ0v) is 16.6. The van der Waals surface area contributed by atoms with Crippen molar-refractivity contribution in [1.29, 1.82) is 0 Å². The number of carbonyl (C=O) groups is 1. The lowest BCUT2D eigenvalue weighted by Gasteiger charge is -2.33. The van der Waals surface area contributed by atoms with Gasteiger partial charge in [0.05, 0.1) is 12.2 Å². The topological polar surface area (TPSA) is 52.9 Å². The van der Waals surface area contributed by atoms with Gasteiger partial charge >= 0.3 is 0 Å². The lowest BCUT2D eigenvalue weighted by atomic mass is 10.1. The van der Waals surface area contributed by atoms with Gasteiger partial charge in [0.15, 0.2) is 0 Å².